The fraction of sp³-hybridized carbons (Fsp3) is 0.545. The summed E-state index contributed by atoms with van der Waals surface area (Å²) < 4.78 is 0. The first-order chi connectivity index (χ1) is 7.55. The van der Waals surface area contributed by atoms with Gasteiger partial charge in [-0.05, 0) is 12.5 Å². The van der Waals surface area contributed by atoms with Gasteiger partial charge in [-0.1, -0.05) is 13.8 Å². The number of hydrogen-bond donors (Lipinski definition) is 2. The fourth-order valence-electron chi connectivity index (χ4n) is 1.84. The Hall–Kier alpha value is -1.67. The highest BCUT2D eigenvalue weighted by Crippen LogP contribution is 2.42. The molecule has 0 amide bonds. The smallest absolute Gasteiger partial charge is 0.166 e. The van der Waals surface area contributed by atoms with Gasteiger partial charge in [0.05, 0.1) is 17.9 Å². The Kier molecular flexibility index (Phi) is 2.52. The minimum absolute atomic E-state index is 0.131. The molecule has 1 fully saturated rings. The van der Waals surface area contributed by atoms with E-state index in [1.54, 1.807) is 6.07 Å². The van der Waals surface area contributed by atoms with Gasteiger partial charge in [0.1, 0.15) is 6.07 Å². The average molecular weight is 218 g/mol. The molecule has 0 spiro atoms. The van der Waals surface area contributed by atoms with Crippen LogP contribution in [0.2, 0.25) is 0 Å². The van der Waals surface area contributed by atoms with E-state index in [0.29, 0.717) is 17.8 Å². The molecule has 1 heterocycles. The van der Waals surface area contributed by atoms with Gasteiger partial charge in [0.25, 0.3) is 0 Å². The zero-order chi connectivity index (χ0) is 11.8. The highest BCUT2D eigenvalue weighted by molar-refractivity contribution is 5.51. The van der Waals surface area contributed by atoms with Crippen LogP contribution in [-0.2, 0) is 0 Å². The average Bonchev–Trinajstić information content (AvgIpc) is 2.29. The lowest BCUT2D eigenvalue weighted by Crippen LogP contribution is -2.57. The van der Waals surface area contributed by atoms with E-state index in [2.05, 4.69) is 21.6 Å². The molecule has 0 saturated heterocycles. The molecule has 5 nitrogen and oxygen atoms in total. The molecule has 1 saturated carbocycles. The van der Waals surface area contributed by atoms with E-state index in [1.165, 1.54) is 6.20 Å². The Bertz CT molecular complexity index is 438. The summed E-state index contributed by atoms with van der Waals surface area (Å²) in [6, 6.07) is 3.81. The summed E-state index contributed by atoms with van der Waals surface area (Å²) in [5, 5.41) is 29.3. The number of aromatic nitrogens is 2. The first-order valence-electron chi connectivity index (χ1n) is 5.22. The first kappa shape index (κ1) is 10.8. The van der Waals surface area contributed by atoms with Crippen molar-refractivity contribution in [2.45, 2.75) is 32.4 Å². The van der Waals surface area contributed by atoms with Crippen molar-refractivity contribution in [3.8, 4) is 6.07 Å². The predicted molar refractivity (Wildman–Crippen MR) is 58.6 cm³/mol. The van der Waals surface area contributed by atoms with Gasteiger partial charge in [0.2, 0.25) is 0 Å². The summed E-state index contributed by atoms with van der Waals surface area (Å²) in [5.41, 5.74) is 0.289. The predicted octanol–water partition coefficient (Wildman–Crippen LogP) is 0.920. The molecular formula is C11H14N4O. The molecule has 0 aliphatic heterocycles. The third kappa shape index (κ3) is 1.61. The highest BCUT2D eigenvalue weighted by atomic mass is 16.3. The Morgan fingerprint density at radius 3 is 2.94 bits per heavy atom. The van der Waals surface area contributed by atoms with Crippen LogP contribution in [0.25, 0.3) is 0 Å². The SMILES string of the molecule is CC1(C)C(O)CC1Nc1nnccc1C#N. The number of nitrogens with one attached hydrogen (secondary N) is 1. The van der Waals surface area contributed by atoms with E-state index >= 15 is 0 Å². The van der Waals surface area contributed by atoms with E-state index < -0.39 is 0 Å². The van der Waals surface area contributed by atoms with Crippen LogP contribution >= 0.6 is 0 Å². The summed E-state index contributed by atoms with van der Waals surface area (Å²) in [6.07, 6.45) is 1.87. The van der Waals surface area contributed by atoms with Crippen molar-refractivity contribution in [3.05, 3.63) is 17.8 Å². The lowest BCUT2D eigenvalue weighted by Gasteiger charge is -2.49. The van der Waals surface area contributed by atoms with Crippen molar-refractivity contribution in [1.29, 1.82) is 5.26 Å². The van der Waals surface area contributed by atoms with E-state index in [1.807, 2.05) is 13.8 Å². The zero-order valence-corrected chi connectivity index (χ0v) is 9.31. The first-order valence-corrected chi connectivity index (χ1v) is 5.22. The minimum atomic E-state index is -0.299. The standard InChI is InChI=1S/C11H14N4O/c1-11(2)8(5-9(11)16)14-10-7(6-12)3-4-13-15-10/h3-4,8-9,16H,5H2,1-2H3,(H,14,15). The van der Waals surface area contributed by atoms with Crippen LogP contribution in [0.5, 0.6) is 0 Å². The molecule has 2 rings (SSSR count). The van der Waals surface area contributed by atoms with Crippen molar-refractivity contribution >= 4 is 5.82 Å². The minimum Gasteiger partial charge on any atom is -0.392 e. The van der Waals surface area contributed by atoms with Crippen LogP contribution in [0.1, 0.15) is 25.8 Å². The molecule has 0 radical (unpaired) electrons. The second-order valence-electron chi connectivity index (χ2n) is 4.68. The summed E-state index contributed by atoms with van der Waals surface area (Å²) in [5.74, 6) is 0.495. The Morgan fingerprint density at radius 1 is 1.62 bits per heavy atom. The molecule has 0 bridgehead atoms. The molecule has 1 aromatic heterocycles. The molecule has 1 aliphatic rings. The molecule has 16 heavy (non-hydrogen) atoms. The van der Waals surface area contributed by atoms with E-state index in [-0.39, 0.29) is 17.6 Å². The molecule has 2 N–H and O–H groups in total. The Morgan fingerprint density at radius 2 is 2.38 bits per heavy atom. The van der Waals surface area contributed by atoms with Crippen molar-refractivity contribution in [2.75, 3.05) is 5.32 Å². The highest BCUT2D eigenvalue weighted by Gasteiger charge is 2.47. The van der Waals surface area contributed by atoms with Gasteiger partial charge in [-0.15, -0.1) is 5.10 Å². The van der Waals surface area contributed by atoms with Crippen molar-refractivity contribution < 1.29 is 5.11 Å². The molecule has 1 aromatic rings. The number of aliphatic hydroxyl groups excluding tert-OH is 1. The summed E-state index contributed by atoms with van der Waals surface area (Å²) in [7, 11) is 0. The normalized spacial score (nSPS) is 26.6. The van der Waals surface area contributed by atoms with Crippen LogP contribution in [0.4, 0.5) is 5.82 Å². The van der Waals surface area contributed by atoms with E-state index in [4.69, 9.17) is 5.26 Å². The molecule has 84 valence electrons. The third-order valence-corrected chi connectivity index (χ3v) is 3.37. The summed E-state index contributed by atoms with van der Waals surface area (Å²) in [4.78, 5) is 0. The second kappa shape index (κ2) is 3.72. The number of anilines is 1. The lowest BCUT2D eigenvalue weighted by atomic mass is 9.64. The fourth-order valence-corrected chi connectivity index (χ4v) is 1.84. The Balaban J connectivity index is 2.14. The monoisotopic (exact) mass is 218 g/mol. The molecule has 2 atom stereocenters. The van der Waals surface area contributed by atoms with E-state index in [9.17, 15) is 5.11 Å². The van der Waals surface area contributed by atoms with Gasteiger partial charge in [-0.2, -0.15) is 10.4 Å². The maximum atomic E-state index is 9.61. The number of hydrogen-bond acceptors (Lipinski definition) is 5. The van der Waals surface area contributed by atoms with Crippen molar-refractivity contribution in [1.82, 2.24) is 10.2 Å². The number of nitrogens with zero attached hydrogens (tertiary/aromatic N) is 3. The molecule has 0 aromatic carbocycles. The van der Waals surface area contributed by atoms with Crippen molar-refractivity contribution in [2.24, 2.45) is 5.41 Å². The molecule has 5 heteroatoms. The van der Waals surface area contributed by atoms with Gasteiger partial charge < -0.3 is 10.4 Å². The molecule has 2 unspecified atom stereocenters. The van der Waals surface area contributed by atoms with Crippen LogP contribution in [0.3, 0.4) is 0 Å². The van der Waals surface area contributed by atoms with Gasteiger partial charge in [0, 0.05) is 11.5 Å². The van der Waals surface area contributed by atoms with E-state index in [0.717, 1.165) is 0 Å². The van der Waals surface area contributed by atoms with Crippen LogP contribution in [-0.4, -0.2) is 27.4 Å². The van der Waals surface area contributed by atoms with Crippen LogP contribution in [0.15, 0.2) is 12.3 Å². The summed E-state index contributed by atoms with van der Waals surface area (Å²) in [6.45, 7) is 3.97. The van der Waals surface area contributed by atoms with Gasteiger partial charge >= 0.3 is 0 Å². The van der Waals surface area contributed by atoms with Crippen LogP contribution < -0.4 is 5.32 Å². The molecule has 1 aliphatic carbocycles. The largest absolute Gasteiger partial charge is 0.392 e. The van der Waals surface area contributed by atoms with Crippen LogP contribution in [0, 0.1) is 16.7 Å². The summed E-state index contributed by atoms with van der Waals surface area (Å²) >= 11 is 0. The second-order valence-corrected chi connectivity index (χ2v) is 4.68. The molecular weight excluding hydrogens is 204 g/mol. The van der Waals surface area contributed by atoms with Gasteiger partial charge in [-0.3, -0.25) is 0 Å². The number of rotatable bonds is 2. The van der Waals surface area contributed by atoms with Gasteiger partial charge in [0.15, 0.2) is 5.82 Å². The van der Waals surface area contributed by atoms with Gasteiger partial charge in [-0.25, -0.2) is 0 Å². The number of nitriles is 1. The zero-order valence-electron chi connectivity index (χ0n) is 9.31. The number of aliphatic hydroxyl groups is 1. The topological polar surface area (TPSA) is 81.8 Å². The van der Waals surface area contributed by atoms with Crippen molar-refractivity contribution in [3.63, 3.8) is 0 Å². The quantitative estimate of drug-likeness (QED) is 0.771. The maximum Gasteiger partial charge on any atom is 0.166 e. The maximum absolute atomic E-state index is 9.61. The lowest BCUT2D eigenvalue weighted by molar-refractivity contribution is -0.0511. The Labute approximate surface area is 94.1 Å². The third-order valence-electron chi connectivity index (χ3n) is 3.37.